The zero-order valence-electron chi connectivity index (χ0n) is 15.3. The van der Waals surface area contributed by atoms with Crippen LogP contribution in [0.4, 0.5) is 20.8 Å². The number of aromatic nitrogens is 2. The van der Waals surface area contributed by atoms with Crippen LogP contribution in [-0.2, 0) is 42.4 Å². The third kappa shape index (κ3) is 6.57. The molecule has 1 aromatic heterocycles. The van der Waals surface area contributed by atoms with E-state index in [9.17, 15) is 26.0 Å². The van der Waals surface area contributed by atoms with Gasteiger partial charge in [0.15, 0.2) is 0 Å². The molecule has 3 aromatic rings. The molecule has 10 nitrogen and oxygen atoms in total. The van der Waals surface area contributed by atoms with Gasteiger partial charge in [-0.2, -0.15) is 0 Å². The van der Waals surface area contributed by atoms with E-state index < -0.39 is 31.9 Å². The van der Waals surface area contributed by atoms with Gasteiger partial charge in [0, 0.05) is 18.1 Å². The van der Waals surface area contributed by atoms with E-state index in [-0.39, 0.29) is 43.8 Å². The summed E-state index contributed by atoms with van der Waals surface area (Å²) in [5.74, 6) is -0.730. The van der Waals surface area contributed by atoms with Crippen LogP contribution >= 0.6 is 0 Å². The van der Waals surface area contributed by atoms with Crippen molar-refractivity contribution in [2.24, 2.45) is 0 Å². The molecule has 0 bridgehead atoms. The molecular weight excluding hydrogens is 545 g/mol. The van der Waals surface area contributed by atoms with Crippen LogP contribution in [0.2, 0.25) is 0 Å². The smallest absolute Gasteiger partial charge is 0.307 e. The third-order valence-corrected chi connectivity index (χ3v) is 6.26. The SMILES string of the molecule is O=C(Nc1ccc(S(=O)(=O)Nc2ncccn2)cc1)NS(=O)(=O)c1ccc(F)cc1.[Ag+]. The van der Waals surface area contributed by atoms with Gasteiger partial charge in [0.05, 0.1) is 9.79 Å². The quantitative estimate of drug-likeness (QED) is 0.391. The first-order chi connectivity index (χ1) is 14.2. The fraction of sp³-hybridized carbons (Fsp3) is 0. The van der Waals surface area contributed by atoms with Crippen LogP contribution in [0.1, 0.15) is 0 Å². The topological polar surface area (TPSA) is 147 Å². The molecule has 0 saturated heterocycles. The molecule has 2 amide bonds. The number of carbonyl (C=O) groups is 1. The van der Waals surface area contributed by atoms with E-state index in [0.717, 1.165) is 24.3 Å². The standard InChI is InChI=1S/C17H14FN5O5S2.Ag/c18-12-2-6-14(7-3-12)30(27,28)23-17(24)21-13-4-8-15(9-5-13)29(25,26)22-16-19-10-1-11-20-16;/h1-11H,(H,19,20,22)(H2,21,23,24);/q;+1. The second-order valence-corrected chi connectivity index (χ2v) is 9.08. The second-order valence-electron chi connectivity index (χ2n) is 5.72. The second kappa shape index (κ2) is 9.98. The Kier molecular flexibility index (Phi) is 7.86. The Bertz CT molecular complexity index is 1260. The first-order valence-electron chi connectivity index (χ1n) is 8.15. The van der Waals surface area contributed by atoms with Crippen LogP contribution in [0, 0.1) is 5.82 Å². The average Bonchev–Trinajstić information content (AvgIpc) is 2.68. The number of halogens is 1. The predicted molar refractivity (Wildman–Crippen MR) is 105 cm³/mol. The van der Waals surface area contributed by atoms with Crippen molar-refractivity contribution in [2.75, 3.05) is 10.0 Å². The van der Waals surface area contributed by atoms with Crippen molar-refractivity contribution in [1.82, 2.24) is 14.7 Å². The number of anilines is 2. The Morgan fingerprint density at radius 3 is 1.90 bits per heavy atom. The average molecular weight is 559 g/mol. The number of hydrogen-bond donors (Lipinski definition) is 3. The minimum atomic E-state index is -4.21. The molecule has 1 heterocycles. The Hall–Kier alpha value is -2.84. The van der Waals surface area contributed by atoms with Gasteiger partial charge in [-0.3, -0.25) is 0 Å². The summed E-state index contributed by atoms with van der Waals surface area (Å²) < 4.78 is 65.7. The minimum absolute atomic E-state index is 0. The number of sulfonamides is 2. The van der Waals surface area contributed by atoms with Crippen LogP contribution in [-0.4, -0.2) is 32.8 Å². The van der Waals surface area contributed by atoms with Gasteiger partial charge in [-0.1, -0.05) is 0 Å². The number of carbonyl (C=O) groups excluding carboxylic acids is 1. The molecule has 0 unspecified atom stereocenters. The van der Waals surface area contributed by atoms with Gasteiger partial charge in [-0.05, 0) is 54.6 Å². The Balaban J connectivity index is 0.00000341. The molecule has 2 aromatic carbocycles. The van der Waals surface area contributed by atoms with Gasteiger partial charge in [0.2, 0.25) is 5.95 Å². The minimum Gasteiger partial charge on any atom is -0.307 e. The number of hydrogen-bond acceptors (Lipinski definition) is 7. The Morgan fingerprint density at radius 1 is 0.806 bits per heavy atom. The molecule has 0 fully saturated rings. The normalized spacial score (nSPS) is 11.1. The van der Waals surface area contributed by atoms with Crippen LogP contribution in [0.3, 0.4) is 0 Å². The molecule has 3 rings (SSSR count). The summed E-state index contributed by atoms with van der Waals surface area (Å²) in [5, 5.41) is 2.26. The Morgan fingerprint density at radius 2 is 1.32 bits per heavy atom. The molecule has 0 radical (unpaired) electrons. The molecule has 3 N–H and O–H groups in total. The molecular formula is C17H14AgFN5O5S2+. The van der Waals surface area contributed by atoms with Crippen molar-refractivity contribution >= 4 is 37.7 Å². The predicted octanol–water partition coefficient (Wildman–Crippen LogP) is 1.92. The fourth-order valence-electron chi connectivity index (χ4n) is 2.20. The van der Waals surface area contributed by atoms with Crippen molar-refractivity contribution in [3.63, 3.8) is 0 Å². The Labute approximate surface area is 192 Å². The number of urea groups is 1. The van der Waals surface area contributed by atoms with Crippen molar-refractivity contribution in [1.29, 1.82) is 0 Å². The van der Waals surface area contributed by atoms with Gasteiger partial charge in [-0.25, -0.2) is 45.4 Å². The van der Waals surface area contributed by atoms with E-state index >= 15 is 0 Å². The van der Waals surface area contributed by atoms with E-state index in [1.807, 2.05) is 0 Å². The molecule has 14 heteroatoms. The summed E-state index contributed by atoms with van der Waals surface area (Å²) in [5.41, 5.74) is 0.136. The molecule has 0 atom stereocenters. The summed E-state index contributed by atoms with van der Waals surface area (Å²) in [6.07, 6.45) is 2.74. The van der Waals surface area contributed by atoms with E-state index in [4.69, 9.17) is 0 Å². The maximum Gasteiger partial charge on any atom is 1.00 e. The first kappa shape index (κ1) is 24.4. The molecule has 0 spiro atoms. The first-order valence-corrected chi connectivity index (χ1v) is 11.1. The monoisotopic (exact) mass is 558 g/mol. The molecule has 166 valence electrons. The van der Waals surface area contributed by atoms with Gasteiger partial charge in [0.1, 0.15) is 5.82 Å². The largest absolute Gasteiger partial charge is 1.00 e. The van der Waals surface area contributed by atoms with Crippen molar-refractivity contribution in [3.8, 4) is 0 Å². The van der Waals surface area contributed by atoms with Gasteiger partial charge >= 0.3 is 28.4 Å². The molecule has 0 aliphatic carbocycles. The van der Waals surface area contributed by atoms with Gasteiger partial charge < -0.3 is 5.32 Å². The molecule has 0 saturated carbocycles. The maximum atomic E-state index is 12.9. The van der Waals surface area contributed by atoms with Gasteiger partial charge in [-0.15, -0.1) is 0 Å². The van der Waals surface area contributed by atoms with Crippen molar-refractivity contribution in [2.45, 2.75) is 9.79 Å². The van der Waals surface area contributed by atoms with Crippen LogP contribution in [0.15, 0.2) is 76.8 Å². The number of amides is 2. The summed E-state index contributed by atoms with van der Waals surface area (Å²) in [6.45, 7) is 0. The summed E-state index contributed by atoms with van der Waals surface area (Å²) in [7, 11) is -8.17. The number of nitrogens with zero attached hydrogens (tertiary/aromatic N) is 2. The molecule has 0 aliphatic heterocycles. The summed E-state index contributed by atoms with van der Waals surface area (Å²) >= 11 is 0. The van der Waals surface area contributed by atoms with E-state index in [0.29, 0.717) is 0 Å². The van der Waals surface area contributed by atoms with Crippen molar-refractivity contribution < 1.29 is 48.4 Å². The van der Waals surface area contributed by atoms with E-state index in [1.54, 1.807) is 4.72 Å². The number of benzene rings is 2. The fourth-order valence-corrected chi connectivity index (χ4v) is 4.06. The van der Waals surface area contributed by atoms with Crippen LogP contribution in [0.25, 0.3) is 0 Å². The summed E-state index contributed by atoms with van der Waals surface area (Å²) in [6, 6.07) is 9.30. The maximum absolute atomic E-state index is 12.9. The van der Waals surface area contributed by atoms with Crippen LogP contribution < -0.4 is 14.8 Å². The van der Waals surface area contributed by atoms with E-state index in [1.165, 1.54) is 42.7 Å². The molecule has 0 aliphatic rings. The van der Waals surface area contributed by atoms with Crippen LogP contribution in [0.5, 0.6) is 0 Å². The van der Waals surface area contributed by atoms with Crippen molar-refractivity contribution in [3.05, 3.63) is 72.8 Å². The number of rotatable bonds is 6. The zero-order valence-corrected chi connectivity index (χ0v) is 18.4. The third-order valence-electron chi connectivity index (χ3n) is 3.56. The molecule has 31 heavy (non-hydrogen) atoms. The summed E-state index contributed by atoms with van der Waals surface area (Å²) in [4.78, 5) is 19.1. The van der Waals surface area contributed by atoms with E-state index in [2.05, 4.69) is 20.0 Å². The zero-order chi connectivity index (χ0) is 21.8. The van der Waals surface area contributed by atoms with Gasteiger partial charge in [0.25, 0.3) is 20.0 Å². The number of nitrogens with one attached hydrogen (secondary N) is 3.